The van der Waals surface area contributed by atoms with E-state index in [0.29, 0.717) is 11.4 Å². The lowest BCUT2D eigenvalue weighted by Crippen LogP contribution is -1.98. The van der Waals surface area contributed by atoms with E-state index in [0.717, 1.165) is 5.01 Å². The maximum atomic E-state index is 11.0. The number of carbonyl (C=O) groups excluding carboxylic acids is 1. The molecule has 0 saturated heterocycles. The van der Waals surface area contributed by atoms with E-state index in [4.69, 9.17) is 0 Å². The van der Waals surface area contributed by atoms with Gasteiger partial charge >= 0.3 is 0 Å². The van der Waals surface area contributed by atoms with E-state index < -0.39 is 0 Å². The molecule has 4 nitrogen and oxygen atoms in total. The number of nitrogens with zero attached hydrogens (tertiary/aromatic N) is 3. The fourth-order valence-electron chi connectivity index (χ4n) is 1.08. The molecule has 14 heavy (non-hydrogen) atoms. The summed E-state index contributed by atoms with van der Waals surface area (Å²) in [5.74, 6) is 0.0641. The largest absolute Gasteiger partial charge is 0.294 e. The van der Waals surface area contributed by atoms with Crippen molar-refractivity contribution in [3.63, 3.8) is 0 Å². The van der Waals surface area contributed by atoms with E-state index in [-0.39, 0.29) is 5.78 Å². The van der Waals surface area contributed by atoms with Gasteiger partial charge in [0, 0.05) is 25.5 Å². The molecule has 0 radical (unpaired) electrons. The third-order valence-corrected chi connectivity index (χ3v) is 2.84. The summed E-state index contributed by atoms with van der Waals surface area (Å²) in [6.45, 7) is 2.18. The van der Waals surface area contributed by atoms with Crippen LogP contribution in [-0.2, 0) is 6.54 Å². The van der Waals surface area contributed by atoms with Crippen molar-refractivity contribution in [2.24, 2.45) is 0 Å². The molecule has 5 heteroatoms. The predicted molar refractivity (Wildman–Crippen MR) is 53.4 cm³/mol. The third kappa shape index (κ3) is 1.88. The molecule has 0 aliphatic rings. The van der Waals surface area contributed by atoms with Crippen molar-refractivity contribution < 1.29 is 4.79 Å². The molecule has 0 atom stereocenters. The van der Waals surface area contributed by atoms with Gasteiger partial charge in [-0.05, 0) is 6.07 Å². The molecule has 0 aliphatic carbocycles. The standard InChI is InChI=1S/C9H9N3OS/c1-7(13)8-5-10-9(14-8)6-12-4-2-3-11-12/h2-5H,6H2,1H3. The van der Waals surface area contributed by atoms with Gasteiger partial charge in [-0.25, -0.2) is 4.98 Å². The summed E-state index contributed by atoms with van der Waals surface area (Å²) < 4.78 is 1.78. The molecule has 0 fully saturated rings. The minimum atomic E-state index is 0.0641. The quantitative estimate of drug-likeness (QED) is 0.718. The summed E-state index contributed by atoms with van der Waals surface area (Å²) >= 11 is 1.42. The summed E-state index contributed by atoms with van der Waals surface area (Å²) in [6.07, 6.45) is 5.21. The van der Waals surface area contributed by atoms with Crippen LogP contribution >= 0.6 is 11.3 Å². The summed E-state index contributed by atoms with van der Waals surface area (Å²) in [7, 11) is 0. The van der Waals surface area contributed by atoms with Gasteiger partial charge < -0.3 is 0 Å². The van der Waals surface area contributed by atoms with Crippen LogP contribution in [-0.4, -0.2) is 20.5 Å². The Hall–Kier alpha value is -1.49. The molecule has 2 heterocycles. The third-order valence-electron chi connectivity index (χ3n) is 1.76. The first kappa shape index (κ1) is 9.08. The number of hydrogen-bond donors (Lipinski definition) is 0. The number of rotatable bonds is 3. The first-order chi connectivity index (χ1) is 6.75. The second kappa shape index (κ2) is 3.71. The van der Waals surface area contributed by atoms with Crippen LogP contribution in [0.4, 0.5) is 0 Å². The lowest BCUT2D eigenvalue weighted by Gasteiger charge is -1.94. The molecule has 0 bridgehead atoms. The average Bonchev–Trinajstić information content (AvgIpc) is 2.75. The number of carbonyl (C=O) groups is 1. The van der Waals surface area contributed by atoms with Crippen molar-refractivity contribution in [1.82, 2.24) is 14.8 Å². The Morgan fingerprint density at radius 2 is 2.50 bits per heavy atom. The molecule has 0 saturated carbocycles. The normalized spacial score (nSPS) is 10.4. The maximum absolute atomic E-state index is 11.0. The summed E-state index contributed by atoms with van der Waals surface area (Å²) in [6, 6.07) is 1.86. The van der Waals surface area contributed by atoms with E-state index in [9.17, 15) is 4.79 Å². The van der Waals surface area contributed by atoms with Crippen LogP contribution in [0.25, 0.3) is 0 Å². The molecular weight excluding hydrogens is 198 g/mol. The highest BCUT2D eigenvalue weighted by atomic mass is 32.1. The van der Waals surface area contributed by atoms with Gasteiger partial charge in [0.25, 0.3) is 0 Å². The van der Waals surface area contributed by atoms with Gasteiger partial charge in [-0.3, -0.25) is 9.48 Å². The minimum Gasteiger partial charge on any atom is -0.294 e. The highest BCUT2D eigenvalue weighted by Crippen LogP contribution is 2.14. The Kier molecular flexibility index (Phi) is 2.41. The number of thiazole rings is 1. The van der Waals surface area contributed by atoms with E-state index in [1.807, 2.05) is 12.3 Å². The van der Waals surface area contributed by atoms with Crippen molar-refractivity contribution in [3.8, 4) is 0 Å². The van der Waals surface area contributed by atoms with E-state index in [1.165, 1.54) is 11.3 Å². The fourth-order valence-corrected chi connectivity index (χ4v) is 1.88. The van der Waals surface area contributed by atoms with Gasteiger partial charge in [-0.2, -0.15) is 5.10 Å². The van der Waals surface area contributed by atoms with Crippen LogP contribution in [0.15, 0.2) is 24.7 Å². The second-order valence-corrected chi connectivity index (χ2v) is 3.99. The summed E-state index contributed by atoms with van der Waals surface area (Å²) in [5.41, 5.74) is 0. The highest BCUT2D eigenvalue weighted by molar-refractivity contribution is 7.13. The van der Waals surface area contributed by atoms with Crippen LogP contribution in [0, 0.1) is 0 Å². The zero-order valence-electron chi connectivity index (χ0n) is 7.67. The summed E-state index contributed by atoms with van der Waals surface area (Å²) in [5, 5.41) is 4.97. The van der Waals surface area contributed by atoms with Gasteiger partial charge in [-0.15, -0.1) is 11.3 Å². The lowest BCUT2D eigenvalue weighted by atomic mass is 10.4. The Balaban J connectivity index is 2.14. The van der Waals surface area contributed by atoms with E-state index in [2.05, 4.69) is 10.1 Å². The first-order valence-corrected chi connectivity index (χ1v) is 5.00. The molecule has 0 spiro atoms. The van der Waals surface area contributed by atoms with Gasteiger partial charge in [-0.1, -0.05) is 0 Å². The molecular formula is C9H9N3OS. The molecule has 2 rings (SSSR count). The van der Waals surface area contributed by atoms with Crippen LogP contribution in [0.3, 0.4) is 0 Å². The van der Waals surface area contributed by atoms with Crippen molar-refractivity contribution >= 4 is 17.1 Å². The molecule has 2 aromatic rings. The van der Waals surface area contributed by atoms with Crippen molar-refractivity contribution in [3.05, 3.63) is 34.5 Å². The van der Waals surface area contributed by atoms with Crippen LogP contribution in [0.2, 0.25) is 0 Å². The van der Waals surface area contributed by atoms with Gasteiger partial charge in [0.1, 0.15) is 5.01 Å². The van der Waals surface area contributed by atoms with Crippen LogP contribution in [0.5, 0.6) is 0 Å². The zero-order chi connectivity index (χ0) is 9.97. The average molecular weight is 207 g/mol. The molecule has 0 amide bonds. The lowest BCUT2D eigenvalue weighted by molar-refractivity contribution is 0.102. The fraction of sp³-hybridized carbons (Fsp3) is 0.222. The number of Topliss-reactive ketones (excluding diaryl/α,β-unsaturated/α-hetero) is 1. The minimum absolute atomic E-state index is 0.0641. The van der Waals surface area contributed by atoms with Gasteiger partial charge in [0.2, 0.25) is 0 Å². The van der Waals surface area contributed by atoms with Gasteiger partial charge in [0.15, 0.2) is 5.78 Å². The Morgan fingerprint density at radius 3 is 3.07 bits per heavy atom. The zero-order valence-corrected chi connectivity index (χ0v) is 8.49. The monoisotopic (exact) mass is 207 g/mol. The van der Waals surface area contributed by atoms with Crippen LogP contribution < -0.4 is 0 Å². The second-order valence-electron chi connectivity index (χ2n) is 2.88. The molecule has 0 unspecified atom stereocenters. The van der Waals surface area contributed by atoms with E-state index in [1.54, 1.807) is 24.0 Å². The van der Waals surface area contributed by atoms with Crippen molar-refractivity contribution in [1.29, 1.82) is 0 Å². The predicted octanol–water partition coefficient (Wildman–Crippen LogP) is 1.59. The van der Waals surface area contributed by atoms with Crippen LogP contribution in [0.1, 0.15) is 21.6 Å². The summed E-state index contributed by atoms with van der Waals surface area (Å²) in [4.78, 5) is 15.9. The molecule has 72 valence electrons. The first-order valence-electron chi connectivity index (χ1n) is 4.19. The molecule has 0 aliphatic heterocycles. The van der Waals surface area contributed by atoms with E-state index >= 15 is 0 Å². The van der Waals surface area contributed by atoms with Crippen molar-refractivity contribution in [2.75, 3.05) is 0 Å². The Labute approximate surface area is 85.2 Å². The molecule has 2 aromatic heterocycles. The molecule has 0 N–H and O–H groups in total. The smallest absolute Gasteiger partial charge is 0.171 e. The Bertz CT molecular complexity index is 433. The van der Waals surface area contributed by atoms with Gasteiger partial charge in [0.05, 0.1) is 11.4 Å². The maximum Gasteiger partial charge on any atom is 0.171 e. The number of hydrogen-bond acceptors (Lipinski definition) is 4. The van der Waals surface area contributed by atoms with Crippen molar-refractivity contribution in [2.45, 2.75) is 13.5 Å². The highest BCUT2D eigenvalue weighted by Gasteiger charge is 2.05. The SMILES string of the molecule is CC(=O)c1cnc(Cn2cccn2)s1. The topological polar surface area (TPSA) is 47.8 Å². The molecule has 0 aromatic carbocycles. The number of aromatic nitrogens is 3. The number of ketones is 1. The Morgan fingerprint density at radius 1 is 1.64 bits per heavy atom.